The van der Waals surface area contributed by atoms with Crippen LogP contribution in [-0.4, -0.2) is 54.0 Å². The molecule has 0 radical (unpaired) electrons. The summed E-state index contributed by atoms with van der Waals surface area (Å²) in [5, 5.41) is 11.3. The topological polar surface area (TPSA) is 69.6 Å². The number of piperazine rings is 1. The normalized spacial score (nSPS) is 21.2. The highest BCUT2D eigenvalue weighted by Gasteiger charge is 2.22. The maximum atomic E-state index is 9.87. The number of ketones is 1. The molecule has 1 aliphatic carbocycles. The number of hydrogen-bond donors (Lipinski definition) is 2. The molecular formula is C13H24N2O3. The Morgan fingerprint density at radius 2 is 1.78 bits per heavy atom. The molecule has 1 saturated heterocycles. The molecule has 0 atom stereocenters. The SMILES string of the molecule is C1CCC(N2CCNCC2)C1.CC(=O)CC(=O)O. The summed E-state index contributed by atoms with van der Waals surface area (Å²) in [5.74, 6) is -1.37. The first-order valence-electron chi connectivity index (χ1n) is 6.75. The van der Waals surface area contributed by atoms with E-state index in [1.54, 1.807) is 0 Å². The van der Waals surface area contributed by atoms with E-state index in [0.717, 1.165) is 6.04 Å². The predicted molar refractivity (Wildman–Crippen MR) is 69.6 cm³/mol. The van der Waals surface area contributed by atoms with Gasteiger partial charge < -0.3 is 10.4 Å². The molecular weight excluding hydrogens is 232 g/mol. The zero-order chi connectivity index (χ0) is 13.4. The first kappa shape index (κ1) is 15.1. The Labute approximate surface area is 109 Å². The molecule has 1 aliphatic heterocycles. The Kier molecular flexibility index (Phi) is 6.90. The lowest BCUT2D eigenvalue weighted by molar-refractivity contribution is -0.139. The zero-order valence-corrected chi connectivity index (χ0v) is 11.2. The Morgan fingerprint density at radius 1 is 1.22 bits per heavy atom. The number of carbonyl (C=O) groups is 2. The number of Topliss-reactive ketones (excluding diaryl/α,β-unsaturated/α-hetero) is 1. The molecule has 0 amide bonds. The van der Waals surface area contributed by atoms with E-state index < -0.39 is 5.97 Å². The summed E-state index contributed by atoms with van der Waals surface area (Å²) in [7, 11) is 0. The van der Waals surface area contributed by atoms with Gasteiger partial charge in [-0.05, 0) is 19.8 Å². The summed E-state index contributed by atoms with van der Waals surface area (Å²) < 4.78 is 0. The minimum absolute atomic E-state index is 0.312. The minimum atomic E-state index is -1.06. The van der Waals surface area contributed by atoms with Gasteiger partial charge in [0.25, 0.3) is 0 Å². The van der Waals surface area contributed by atoms with Gasteiger partial charge in [0, 0.05) is 32.2 Å². The number of nitrogens with zero attached hydrogens (tertiary/aromatic N) is 1. The second kappa shape index (κ2) is 8.21. The van der Waals surface area contributed by atoms with Gasteiger partial charge in [-0.3, -0.25) is 14.5 Å². The molecule has 0 aromatic carbocycles. The predicted octanol–water partition coefficient (Wildman–Crippen LogP) is 0.884. The number of carbonyl (C=O) groups excluding carboxylic acids is 1. The molecule has 2 aliphatic rings. The Bertz CT molecular complexity index is 257. The molecule has 104 valence electrons. The van der Waals surface area contributed by atoms with E-state index in [2.05, 4.69) is 10.2 Å². The van der Waals surface area contributed by atoms with Crippen LogP contribution in [0.15, 0.2) is 0 Å². The zero-order valence-electron chi connectivity index (χ0n) is 11.2. The molecule has 0 aromatic rings. The third kappa shape index (κ3) is 6.12. The van der Waals surface area contributed by atoms with Gasteiger partial charge in [-0.1, -0.05) is 12.8 Å². The lowest BCUT2D eigenvalue weighted by Crippen LogP contribution is -2.47. The summed E-state index contributed by atoms with van der Waals surface area (Å²) in [6.45, 7) is 6.22. The van der Waals surface area contributed by atoms with E-state index in [-0.39, 0.29) is 12.2 Å². The van der Waals surface area contributed by atoms with Crippen molar-refractivity contribution in [2.45, 2.75) is 45.1 Å². The highest BCUT2D eigenvalue weighted by Crippen LogP contribution is 2.23. The molecule has 1 heterocycles. The van der Waals surface area contributed by atoms with Crippen LogP contribution in [0.4, 0.5) is 0 Å². The van der Waals surface area contributed by atoms with Gasteiger partial charge in [0.2, 0.25) is 0 Å². The van der Waals surface area contributed by atoms with Crippen LogP contribution in [0.3, 0.4) is 0 Å². The first-order chi connectivity index (χ1) is 8.59. The molecule has 0 aromatic heterocycles. The van der Waals surface area contributed by atoms with Crippen molar-refractivity contribution in [1.82, 2.24) is 10.2 Å². The first-order valence-corrected chi connectivity index (χ1v) is 6.75. The van der Waals surface area contributed by atoms with Crippen molar-refractivity contribution in [3.63, 3.8) is 0 Å². The molecule has 0 spiro atoms. The number of aliphatic carboxylic acids is 1. The molecule has 5 nitrogen and oxygen atoms in total. The fourth-order valence-electron chi connectivity index (χ4n) is 2.53. The molecule has 5 heteroatoms. The van der Waals surface area contributed by atoms with Crippen molar-refractivity contribution < 1.29 is 14.7 Å². The van der Waals surface area contributed by atoms with E-state index in [0.29, 0.717) is 0 Å². The number of hydrogen-bond acceptors (Lipinski definition) is 4. The van der Waals surface area contributed by atoms with Crippen molar-refractivity contribution >= 4 is 11.8 Å². The largest absolute Gasteiger partial charge is 0.481 e. The van der Waals surface area contributed by atoms with E-state index in [1.807, 2.05) is 0 Å². The lowest BCUT2D eigenvalue weighted by atomic mass is 10.2. The highest BCUT2D eigenvalue weighted by atomic mass is 16.4. The molecule has 0 bridgehead atoms. The van der Waals surface area contributed by atoms with Gasteiger partial charge in [0.1, 0.15) is 12.2 Å². The standard InChI is InChI=1S/C9H18N2.C4H6O3/c1-2-4-9(3-1)11-7-5-10-6-8-11;1-3(5)2-4(6)7/h9-10H,1-8H2;2H2,1H3,(H,6,7). The summed E-state index contributed by atoms with van der Waals surface area (Å²) in [4.78, 5) is 22.1. The molecule has 1 saturated carbocycles. The summed E-state index contributed by atoms with van der Waals surface area (Å²) >= 11 is 0. The van der Waals surface area contributed by atoms with Crippen molar-refractivity contribution in [3.05, 3.63) is 0 Å². The molecule has 0 unspecified atom stereocenters. The van der Waals surface area contributed by atoms with Crippen LogP contribution in [0.5, 0.6) is 0 Å². The third-order valence-electron chi connectivity index (χ3n) is 3.39. The average molecular weight is 256 g/mol. The monoisotopic (exact) mass is 256 g/mol. The van der Waals surface area contributed by atoms with Gasteiger partial charge in [-0.2, -0.15) is 0 Å². The van der Waals surface area contributed by atoms with Crippen molar-refractivity contribution in [2.75, 3.05) is 26.2 Å². The summed E-state index contributed by atoms with van der Waals surface area (Å²) in [6.07, 6.45) is 5.49. The second-order valence-corrected chi connectivity index (χ2v) is 5.00. The van der Waals surface area contributed by atoms with Gasteiger partial charge in [-0.25, -0.2) is 0 Å². The fraction of sp³-hybridized carbons (Fsp3) is 0.846. The van der Waals surface area contributed by atoms with Crippen LogP contribution in [0, 0.1) is 0 Å². The van der Waals surface area contributed by atoms with Crippen LogP contribution < -0.4 is 5.32 Å². The third-order valence-corrected chi connectivity index (χ3v) is 3.39. The van der Waals surface area contributed by atoms with Crippen LogP contribution in [0.25, 0.3) is 0 Å². The number of carboxylic acids is 1. The molecule has 2 fully saturated rings. The quantitative estimate of drug-likeness (QED) is 0.734. The number of nitrogens with one attached hydrogen (secondary N) is 1. The van der Waals surface area contributed by atoms with Crippen molar-refractivity contribution in [2.24, 2.45) is 0 Å². The van der Waals surface area contributed by atoms with Gasteiger partial charge in [0.15, 0.2) is 0 Å². The van der Waals surface area contributed by atoms with Gasteiger partial charge in [-0.15, -0.1) is 0 Å². The number of carboxylic acid groups (broad SMARTS) is 1. The Morgan fingerprint density at radius 3 is 2.17 bits per heavy atom. The maximum Gasteiger partial charge on any atom is 0.310 e. The van der Waals surface area contributed by atoms with Crippen molar-refractivity contribution in [1.29, 1.82) is 0 Å². The summed E-state index contributed by atoms with van der Waals surface area (Å²) in [5.41, 5.74) is 0. The molecule has 18 heavy (non-hydrogen) atoms. The molecule has 2 rings (SSSR count). The van der Waals surface area contributed by atoms with E-state index in [9.17, 15) is 9.59 Å². The average Bonchev–Trinajstić information content (AvgIpc) is 2.82. The van der Waals surface area contributed by atoms with E-state index in [4.69, 9.17) is 5.11 Å². The smallest absolute Gasteiger partial charge is 0.310 e. The van der Waals surface area contributed by atoms with Gasteiger partial charge in [0.05, 0.1) is 0 Å². The van der Waals surface area contributed by atoms with E-state index in [1.165, 1.54) is 58.8 Å². The summed E-state index contributed by atoms with van der Waals surface area (Å²) in [6, 6.07) is 0.942. The van der Waals surface area contributed by atoms with Gasteiger partial charge >= 0.3 is 5.97 Å². The Hall–Kier alpha value is -0.940. The van der Waals surface area contributed by atoms with Crippen molar-refractivity contribution in [3.8, 4) is 0 Å². The van der Waals surface area contributed by atoms with Crippen LogP contribution >= 0.6 is 0 Å². The van der Waals surface area contributed by atoms with Crippen LogP contribution in [0.1, 0.15) is 39.0 Å². The second-order valence-electron chi connectivity index (χ2n) is 5.00. The minimum Gasteiger partial charge on any atom is -0.481 e. The van der Waals surface area contributed by atoms with E-state index >= 15 is 0 Å². The maximum absolute atomic E-state index is 9.87. The lowest BCUT2D eigenvalue weighted by Gasteiger charge is -2.32. The number of rotatable bonds is 3. The molecule has 2 N–H and O–H groups in total. The fourth-order valence-corrected chi connectivity index (χ4v) is 2.53. The van der Waals surface area contributed by atoms with Crippen LogP contribution in [-0.2, 0) is 9.59 Å². The highest BCUT2D eigenvalue weighted by molar-refractivity contribution is 5.93. The van der Waals surface area contributed by atoms with Crippen LogP contribution in [0.2, 0.25) is 0 Å². The Balaban J connectivity index is 0.000000203.